The van der Waals surface area contributed by atoms with Crippen LogP contribution in [0.3, 0.4) is 0 Å². The van der Waals surface area contributed by atoms with Gasteiger partial charge >= 0.3 is 6.18 Å². The lowest BCUT2D eigenvalue weighted by Crippen LogP contribution is -2.31. The number of imidazole rings is 1. The van der Waals surface area contributed by atoms with Crippen molar-refractivity contribution in [2.24, 2.45) is 0 Å². The number of hydrogen-bond acceptors (Lipinski definition) is 5. The fourth-order valence-electron chi connectivity index (χ4n) is 2.59. The number of nitrogens with zero attached hydrogens (tertiary/aromatic N) is 4. The minimum absolute atomic E-state index is 0.0275. The van der Waals surface area contributed by atoms with Crippen LogP contribution in [-0.2, 0) is 11.0 Å². The van der Waals surface area contributed by atoms with Gasteiger partial charge in [0.25, 0.3) is 0 Å². The topological polar surface area (TPSA) is 86.8 Å². The number of alkyl halides is 3. The molecule has 2 aromatic heterocycles. The smallest absolute Gasteiger partial charge is 0.364 e. The summed E-state index contributed by atoms with van der Waals surface area (Å²) in [6, 6.07) is -0.159. The van der Waals surface area contributed by atoms with Gasteiger partial charge in [-0.3, -0.25) is 4.79 Å². The lowest BCUT2D eigenvalue weighted by molar-refractivity contribution is -0.144. The summed E-state index contributed by atoms with van der Waals surface area (Å²) in [7, 11) is 0. The first-order valence-corrected chi connectivity index (χ1v) is 7.21. The summed E-state index contributed by atoms with van der Waals surface area (Å²) in [6.45, 7) is 2.79. The first-order valence-electron chi connectivity index (χ1n) is 7.21. The van der Waals surface area contributed by atoms with Crippen molar-refractivity contribution in [3.63, 3.8) is 0 Å². The van der Waals surface area contributed by atoms with E-state index in [1.807, 2.05) is 0 Å². The van der Waals surface area contributed by atoms with E-state index in [9.17, 15) is 18.0 Å². The summed E-state index contributed by atoms with van der Waals surface area (Å²) in [5, 5.41) is 2.98. The molecule has 0 aromatic carbocycles. The predicted octanol–water partition coefficient (Wildman–Crippen LogP) is 1.79. The van der Waals surface area contributed by atoms with Crippen LogP contribution in [0, 0.1) is 0 Å². The SMILES string of the molecule is CCC(=O)N1CC[C@@H](Nc2nc(C(F)(F)F)nc3nc[nH]c23)C1. The van der Waals surface area contributed by atoms with Crippen molar-refractivity contribution >= 4 is 22.9 Å². The number of nitrogens with one attached hydrogen (secondary N) is 2. The zero-order chi connectivity index (χ0) is 16.6. The molecule has 0 saturated carbocycles. The van der Waals surface area contributed by atoms with Gasteiger partial charge in [-0.05, 0) is 6.42 Å². The van der Waals surface area contributed by atoms with Crippen molar-refractivity contribution in [3.8, 4) is 0 Å². The Morgan fingerprint density at radius 3 is 2.96 bits per heavy atom. The standard InChI is InChI=1S/C13H15F3N6O/c1-2-8(23)22-4-3-7(5-22)19-11-9-10(18-6-17-9)20-12(21-11)13(14,15)16/h6-7H,2-5H2,1H3,(H2,17,18,19,20,21)/t7-/m1/s1. The number of carbonyl (C=O) groups excluding carboxylic acids is 1. The number of rotatable bonds is 3. The van der Waals surface area contributed by atoms with Crippen LogP contribution < -0.4 is 5.32 Å². The maximum atomic E-state index is 12.9. The van der Waals surface area contributed by atoms with E-state index in [0.29, 0.717) is 31.4 Å². The molecule has 1 amide bonds. The van der Waals surface area contributed by atoms with Gasteiger partial charge in [-0.25, -0.2) is 15.0 Å². The van der Waals surface area contributed by atoms with Crippen LogP contribution >= 0.6 is 0 Å². The normalized spacial score (nSPS) is 18.6. The molecule has 0 bridgehead atoms. The predicted molar refractivity (Wildman–Crippen MR) is 75.6 cm³/mol. The molecule has 1 atom stereocenters. The molecular weight excluding hydrogens is 313 g/mol. The molecule has 2 aromatic rings. The molecule has 10 heteroatoms. The van der Waals surface area contributed by atoms with E-state index in [1.165, 1.54) is 6.33 Å². The highest BCUT2D eigenvalue weighted by Gasteiger charge is 2.36. The summed E-state index contributed by atoms with van der Waals surface area (Å²) >= 11 is 0. The Kier molecular flexibility index (Phi) is 3.82. The maximum Gasteiger partial charge on any atom is 0.451 e. The number of carbonyl (C=O) groups is 1. The number of H-pyrrole nitrogens is 1. The number of hydrogen-bond donors (Lipinski definition) is 2. The minimum atomic E-state index is -4.65. The molecule has 1 saturated heterocycles. The zero-order valence-corrected chi connectivity index (χ0v) is 12.3. The van der Waals surface area contributed by atoms with Crippen molar-refractivity contribution in [2.45, 2.75) is 32.0 Å². The molecule has 7 nitrogen and oxygen atoms in total. The van der Waals surface area contributed by atoms with Crippen LogP contribution in [0.15, 0.2) is 6.33 Å². The maximum absolute atomic E-state index is 12.9. The average molecular weight is 328 g/mol. The van der Waals surface area contributed by atoms with Crippen molar-refractivity contribution in [2.75, 3.05) is 18.4 Å². The lowest BCUT2D eigenvalue weighted by atomic mass is 10.2. The van der Waals surface area contributed by atoms with Gasteiger partial charge in [-0.15, -0.1) is 0 Å². The third-order valence-electron chi connectivity index (χ3n) is 3.72. The number of halogens is 3. The van der Waals surface area contributed by atoms with Crippen LogP contribution in [0.4, 0.5) is 19.0 Å². The fraction of sp³-hybridized carbons (Fsp3) is 0.538. The summed E-state index contributed by atoms with van der Waals surface area (Å²) in [5.74, 6) is -1.16. The Balaban J connectivity index is 1.85. The fourth-order valence-corrected chi connectivity index (χ4v) is 2.59. The summed E-state index contributed by atoms with van der Waals surface area (Å²) in [6.07, 6.45) is -2.33. The number of anilines is 1. The Labute approximate surface area is 129 Å². The highest BCUT2D eigenvalue weighted by molar-refractivity contribution is 5.82. The molecule has 0 unspecified atom stereocenters. The Bertz CT molecular complexity index is 728. The molecule has 1 aliphatic rings. The first-order chi connectivity index (χ1) is 10.9. The van der Waals surface area contributed by atoms with E-state index in [2.05, 4.69) is 25.3 Å². The second-order valence-electron chi connectivity index (χ2n) is 5.32. The van der Waals surface area contributed by atoms with Gasteiger partial charge in [0.1, 0.15) is 5.52 Å². The minimum Gasteiger partial charge on any atom is -0.364 e. The highest BCUT2D eigenvalue weighted by atomic mass is 19.4. The van der Waals surface area contributed by atoms with Crippen LogP contribution in [0.1, 0.15) is 25.6 Å². The van der Waals surface area contributed by atoms with Crippen molar-refractivity contribution in [1.29, 1.82) is 0 Å². The van der Waals surface area contributed by atoms with Gasteiger partial charge in [-0.2, -0.15) is 13.2 Å². The molecule has 0 spiro atoms. The monoisotopic (exact) mass is 328 g/mol. The zero-order valence-electron chi connectivity index (χ0n) is 12.3. The number of likely N-dealkylation sites (tertiary alicyclic amines) is 1. The molecule has 1 fully saturated rings. The quantitative estimate of drug-likeness (QED) is 0.897. The van der Waals surface area contributed by atoms with E-state index < -0.39 is 12.0 Å². The largest absolute Gasteiger partial charge is 0.451 e. The van der Waals surface area contributed by atoms with Gasteiger partial charge in [0.2, 0.25) is 11.7 Å². The van der Waals surface area contributed by atoms with Crippen LogP contribution in [0.2, 0.25) is 0 Å². The molecule has 3 heterocycles. The molecule has 0 radical (unpaired) electrons. The summed E-state index contributed by atoms with van der Waals surface area (Å²) in [4.78, 5) is 26.9. The number of aromatic nitrogens is 4. The molecular formula is C13H15F3N6O. The van der Waals surface area contributed by atoms with Crippen molar-refractivity contribution < 1.29 is 18.0 Å². The average Bonchev–Trinajstić information content (AvgIpc) is 3.14. The number of fused-ring (bicyclic) bond motifs is 1. The van der Waals surface area contributed by atoms with E-state index in [0.717, 1.165) is 0 Å². The molecule has 0 aliphatic carbocycles. The van der Waals surface area contributed by atoms with Crippen LogP contribution in [0.5, 0.6) is 0 Å². The third-order valence-corrected chi connectivity index (χ3v) is 3.72. The van der Waals surface area contributed by atoms with Crippen LogP contribution in [0.25, 0.3) is 11.2 Å². The Morgan fingerprint density at radius 2 is 2.26 bits per heavy atom. The second kappa shape index (κ2) is 5.67. The van der Waals surface area contributed by atoms with E-state index in [-0.39, 0.29) is 23.4 Å². The summed E-state index contributed by atoms with van der Waals surface area (Å²) < 4.78 is 38.7. The first kappa shape index (κ1) is 15.5. The van der Waals surface area contributed by atoms with Gasteiger partial charge in [0.15, 0.2) is 11.5 Å². The third kappa shape index (κ3) is 3.06. The Hall–Kier alpha value is -2.39. The van der Waals surface area contributed by atoms with E-state index >= 15 is 0 Å². The number of amides is 1. The van der Waals surface area contributed by atoms with Crippen molar-refractivity contribution in [3.05, 3.63) is 12.2 Å². The van der Waals surface area contributed by atoms with Gasteiger partial charge in [-0.1, -0.05) is 6.92 Å². The molecule has 124 valence electrons. The van der Waals surface area contributed by atoms with Gasteiger partial charge in [0, 0.05) is 25.6 Å². The van der Waals surface area contributed by atoms with Gasteiger partial charge in [0.05, 0.1) is 6.33 Å². The van der Waals surface area contributed by atoms with E-state index in [4.69, 9.17) is 0 Å². The molecule has 23 heavy (non-hydrogen) atoms. The number of aromatic amines is 1. The molecule has 2 N–H and O–H groups in total. The second-order valence-corrected chi connectivity index (χ2v) is 5.32. The molecule has 1 aliphatic heterocycles. The van der Waals surface area contributed by atoms with Gasteiger partial charge < -0.3 is 15.2 Å². The van der Waals surface area contributed by atoms with Crippen molar-refractivity contribution in [1.82, 2.24) is 24.8 Å². The van der Waals surface area contributed by atoms with E-state index in [1.54, 1.807) is 11.8 Å². The lowest BCUT2D eigenvalue weighted by Gasteiger charge is -2.17. The highest BCUT2D eigenvalue weighted by Crippen LogP contribution is 2.29. The van der Waals surface area contributed by atoms with Crippen LogP contribution in [-0.4, -0.2) is 49.9 Å². The molecule has 3 rings (SSSR count). The summed E-state index contributed by atoms with van der Waals surface area (Å²) in [5.41, 5.74) is 0.271. The Morgan fingerprint density at radius 1 is 1.48 bits per heavy atom.